The highest BCUT2D eigenvalue weighted by Crippen LogP contribution is 2.36. The van der Waals surface area contributed by atoms with Crippen LogP contribution in [-0.4, -0.2) is 41.1 Å². The van der Waals surface area contributed by atoms with Gasteiger partial charge >= 0.3 is 0 Å². The van der Waals surface area contributed by atoms with Crippen LogP contribution in [0.15, 0.2) is 13.9 Å². The maximum atomic E-state index is 13.1. The average Bonchev–Trinajstić information content (AvgIpc) is 3.36. The van der Waals surface area contributed by atoms with Crippen LogP contribution in [0, 0.1) is 13.8 Å². The van der Waals surface area contributed by atoms with Crippen LogP contribution in [0.25, 0.3) is 0 Å². The van der Waals surface area contributed by atoms with Gasteiger partial charge in [-0.2, -0.15) is 9.29 Å². The van der Waals surface area contributed by atoms with E-state index in [4.69, 9.17) is 14.8 Å². The van der Waals surface area contributed by atoms with Gasteiger partial charge in [0.25, 0.3) is 0 Å². The molecule has 0 bridgehead atoms. The highest BCUT2D eigenvalue weighted by Gasteiger charge is 2.39. The van der Waals surface area contributed by atoms with Gasteiger partial charge in [0, 0.05) is 13.1 Å². The number of hydrogen-bond acceptors (Lipinski definition) is 8. The molecule has 1 aliphatic carbocycles. The molecule has 3 heterocycles. The van der Waals surface area contributed by atoms with Gasteiger partial charge in [-0.15, -0.1) is 12.4 Å². The van der Waals surface area contributed by atoms with Crippen LogP contribution >= 0.6 is 12.4 Å². The fraction of sp³-hybridized carbons (Fsp3) is 0.706. The number of piperidine rings is 1. The number of aromatic nitrogens is 3. The van der Waals surface area contributed by atoms with E-state index < -0.39 is 15.6 Å². The Balaban J connectivity index is 0.00000225. The highest BCUT2D eigenvalue weighted by atomic mass is 35.5. The van der Waals surface area contributed by atoms with E-state index in [1.807, 2.05) is 0 Å². The molecule has 11 heteroatoms. The molecule has 1 unspecified atom stereocenters. The molecule has 1 saturated heterocycles. The van der Waals surface area contributed by atoms with Crippen molar-refractivity contribution in [2.24, 2.45) is 5.73 Å². The topological polar surface area (TPSA) is 128 Å². The molecular formula is C17H26ClN5O4S. The maximum absolute atomic E-state index is 13.1. The van der Waals surface area contributed by atoms with E-state index in [1.165, 1.54) is 4.31 Å². The van der Waals surface area contributed by atoms with E-state index in [9.17, 15) is 8.42 Å². The molecule has 9 nitrogen and oxygen atoms in total. The summed E-state index contributed by atoms with van der Waals surface area (Å²) in [5.74, 6) is 1.18. The van der Waals surface area contributed by atoms with Crippen molar-refractivity contribution in [3.8, 4) is 0 Å². The van der Waals surface area contributed by atoms with Crippen LogP contribution in [0.5, 0.6) is 0 Å². The third-order valence-corrected chi connectivity index (χ3v) is 7.79. The molecule has 2 aromatic rings. The molecule has 0 radical (unpaired) electrons. The number of halogens is 1. The Kier molecular flexibility index (Phi) is 5.86. The zero-order chi connectivity index (χ0) is 19.2. The van der Waals surface area contributed by atoms with Gasteiger partial charge in [0.05, 0.1) is 11.5 Å². The van der Waals surface area contributed by atoms with Gasteiger partial charge in [-0.1, -0.05) is 23.2 Å². The van der Waals surface area contributed by atoms with Crippen molar-refractivity contribution in [3.63, 3.8) is 0 Å². The molecular weight excluding hydrogens is 406 g/mol. The molecule has 2 aliphatic rings. The lowest BCUT2D eigenvalue weighted by atomic mass is 9.97. The molecule has 2 fully saturated rings. The van der Waals surface area contributed by atoms with Crippen molar-refractivity contribution in [1.82, 2.24) is 19.6 Å². The number of aryl methyl sites for hydroxylation is 2. The normalized spacial score (nSPS) is 22.9. The van der Waals surface area contributed by atoms with Crippen molar-refractivity contribution in [1.29, 1.82) is 0 Å². The van der Waals surface area contributed by atoms with E-state index in [2.05, 4.69) is 15.3 Å². The fourth-order valence-corrected chi connectivity index (χ4v) is 5.98. The van der Waals surface area contributed by atoms with E-state index >= 15 is 0 Å². The molecule has 4 rings (SSSR count). The van der Waals surface area contributed by atoms with E-state index in [0.717, 1.165) is 38.5 Å². The van der Waals surface area contributed by atoms with Crippen molar-refractivity contribution in [3.05, 3.63) is 23.2 Å². The zero-order valence-corrected chi connectivity index (χ0v) is 17.7. The molecule has 2 N–H and O–H groups in total. The minimum absolute atomic E-state index is 0. The van der Waals surface area contributed by atoms with Gasteiger partial charge in [0.2, 0.25) is 15.9 Å². The smallest absolute Gasteiger partial charge is 0.248 e. The average molecular weight is 432 g/mol. The minimum Gasteiger partial charge on any atom is -0.360 e. The van der Waals surface area contributed by atoms with Crippen LogP contribution in [0.3, 0.4) is 0 Å². The van der Waals surface area contributed by atoms with Gasteiger partial charge < -0.3 is 14.8 Å². The second-order valence-corrected chi connectivity index (χ2v) is 9.55. The van der Waals surface area contributed by atoms with Crippen molar-refractivity contribution >= 4 is 22.4 Å². The number of nitrogens with zero attached hydrogens (tertiary/aromatic N) is 4. The fourth-order valence-electron chi connectivity index (χ4n) is 4.17. The van der Waals surface area contributed by atoms with Gasteiger partial charge in [-0.3, -0.25) is 0 Å². The molecule has 1 saturated carbocycles. The van der Waals surface area contributed by atoms with Gasteiger partial charge in [0.15, 0.2) is 11.6 Å². The summed E-state index contributed by atoms with van der Waals surface area (Å²) >= 11 is 0. The van der Waals surface area contributed by atoms with Gasteiger partial charge in [-0.05, 0) is 39.5 Å². The monoisotopic (exact) mass is 431 g/mol. The second kappa shape index (κ2) is 7.74. The molecule has 0 aromatic carbocycles. The van der Waals surface area contributed by atoms with Crippen LogP contribution in [0.2, 0.25) is 0 Å². The number of rotatable bonds is 4. The Morgan fingerprint density at radius 3 is 2.50 bits per heavy atom. The summed E-state index contributed by atoms with van der Waals surface area (Å²) in [6.07, 6.45) is 5.35. The minimum atomic E-state index is -3.68. The van der Waals surface area contributed by atoms with E-state index in [1.54, 1.807) is 13.8 Å². The van der Waals surface area contributed by atoms with E-state index in [-0.39, 0.29) is 23.2 Å². The van der Waals surface area contributed by atoms with Crippen LogP contribution in [0.1, 0.15) is 67.6 Å². The lowest BCUT2D eigenvalue weighted by Crippen LogP contribution is -2.39. The Morgan fingerprint density at radius 1 is 1.14 bits per heavy atom. The molecule has 156 valence electrons. The van der Waals surface area contributed by atoms with Crippen molar-refractivity contribution in [2.45, 2.75) is 68.7 Å². The molecule has 0 amide bonds. The van der Waals surface area contributed by atoms with Crippen LogP contribution in [0.4, 0.5) is 0 Å². The summed E-state index contributed by atoms with van der Waals surface area (Å²) in [7, 11) is -3.68. The molecule has 1 atom stereocenters. The summed E-state index contributed by atoms with van der Waals surface area (Å²) in [6, 6.07) is 0. The first-order valence-corrected chi connectivity index (χ1v) is 10.8. The summed E-state index contributed by atoms with van der Waals surface area (Å²) in [5.41, 5.74) is 6.27. The summed E-state index contributed by atoms with van der Waals surface area (Å²) in [6.45, 7) is 3.99. The van der Waals surface area contributed by atoms with Gasteiger partial charge in [-0.25, -0.2) is 8.42 Å². The van der Waals surface area contributed by atoms with Crippen molar-refractivity contribution in [2.75, 3.05) is 13.1 Å². The first-order valence-electron chi connectivity index (χ1n) is 9.37. The second-order valence-electron chi connectivity index (χ2n) is 7.67. The number of nitrogens with two attached hydrogens (primary N) is 1. The Morgan fingerprint density at radius 2 is 1.86 bits per heavy atom. The largest absolute Gasteiger partial charge is 0.360 e. The standard InChI is InChI=1S/C17H25N5O4S.ClH/c1-11-14(12(2)25-20-11)27(23,24)22-9-5-6-13(10-22)15-19-16(21-26-15)17(18)7-3-4-8-17;/h13H,3-10,18H2,1-2H3;1H. The predicted octanol–water partition coefficient (Wildman–Crippen LogP) is 2.39. The molecule has 0 spiro atoms. The molecule has 28 heavy (non-hydrogen) atoms. The Bertz CT molecular complexity index is 916. The lowest BCUT2D eigenvalue weighted by Gasteiger charge is -2.30. The third kappa shape index (κ3) is 3.58. The van der Waals surface area contributed by atoms with Crippen molar-refractivity contribution < 1.29 is 17.5 Å². The van der Waals surface area contributed by atoms with E-state index in [0.29, 0.717) is 36.3 Å². The Labute approximate surface area is 170 Å². The van der Waals surface area contributed by atoms with Crippen LogP contribution in [-0.2, 0) is 15.6 Å². The number of sulfonamides is 1. The predicted molar refractivity (Wildman–Crippen MR) is 103 cm³/mol. The summed E-state index contributed by atoms with van der Waals surface area (Å²) in [4.78, 5) is 4.70. The SMILES string of the molecule is Cc1noc(C)c1S(=O)(=O)N1CCCC(c2nc(C3(N)CCCC3)no2)C1.Cl. The Hall–Kier alpha value is -1.49. The first-order chi connectivity index (χ1) is 12.8. The summed E-state index contributed by atoms with van der Waals surface area (Å²) < 4.78 is 38.1. The van der Waals surface area contributed by atoms with Crippen LogP contribution < -0.4 is 5.73 Å². The lowest BCUT2D eigenvalue weighted by molar-refractivity contribution is 0.263. The maximum Gasteiger partial charge on any atom is 0.248 e. The zero-order valence-electron chi connectivity index (χ0n) is 16.0. The number of hydrogen-bond donors (Lipinski definition) is 1. The third-order valence-electron chi connectivity index (χ3n) is 5.68. The molecule has 1 aliphatic heterocycles. The van der Waals surface area contributed by atoms with Gasteiger partial charge in [0.1, 0.15) is 10.6 Å². The highest BCUT2D eigenvalue weighted by molar-refractivity contribution is 7.89. The molecule has 2 aromatic heterocycles. The first kappa shape index (κ1) is 21.2. The summed E-state index contributed by atoms with van der Waals surface area (Å²) in [5, 5.41) is 7.88. The quantitative estimate of drug-likeness (QED) is 0.781.